The zero-order valence-corrected chi connectivity index (χ0v) is 18.2. The standard InChI is InChI=1S/C22H27N3O4S/c1-28-17-7-5-15(6-8-17)18-14-30-21(20(18)22(27)29-2)23-19(26)13-24-10-11-25-9-3-4-16(25)12-24/h5-8,14,16H,3-4,9-13H2,1-2H3,(H,23,26). The Labute approximate surface area is 180 Å². The van der Waals surface area contributed by atoms with Gasteiger partial charge in [0, 0.05) is 36.6 Å². The number of ether oxygens (including phenoxy) is 2. The van der Waals surface area contributed by atoms with Crippen LogP contribution in [0.25, 0.3) is 11.1 Å². The van der Waals surface area contributed by atoms with Crippen molar-refractivity contribution < 1.29 is 19.1 Å². The molecule has 0 radical (unpaired) electrons. The fraction of sp³-hybridized carbons (Fsp3) is 0.455. The molecule has 1 N–H and O–H groups in total. The number of nitrogens with zero attached hydrogens (tertiary/aromatic N) is 2. The molecule has 1 atom stereocenters. The highest BCUT2D eigenvalue weighted by molar-refractivity contribution is 7.15. The van der Waals surface area contributed by atoms with E-state index in [0.717, 1.165) is 36.5 Å². The van der Waals surface area contributed by atoms with Crippen LogP contribution in [0.5, 0.6) is 5.75 Å². The van der Waals surface area contributed by atoms with E-state index in [4.69, 9.17) is 9.47 Å². The zero-order valence-electron chi connectivity index (χ0n) is 17.3. The molecule has 7 nitrogen and oxygen atoms in total. The first-order valence-electron chi connectivity index (χ1n) is 10.2. The molecule has 0 bridgehead atoms. The molecule has 1 amide bonds. The van der Waals surface area contributed by atoms with Crippen LogP contribution in [0.15, 0.2) is 29.6 Å². The Balaban J connectivity index is 1.48. The molecule has 4 rings (SSSR count). The second-order valence-corrected chi connectivity index (χ2v) is 8.57. The number of thiophene rings is 1. The Morgan fingerprint density at radius 3 is 2.70 bits per heavy atom. The largest absolute Gasteiger partial charge is 0.497 e. The minimum absolute atomic E-state index is 0.102. The highest BCUT2D eigenvalue weighted by Crippen LogP contribution is 2.36. The molecule has 2 saturated heterocycles. The summed E-state index contributed by atoms with van der Waals surface area (Å²) in [6.07, 6.45) is 2.46. The number of anilines is 1. The van der Waals surface area contributed by atoms with Crippen LogP contribution in [0.1, 0.15) is 23.2 Å². The van der Waals surface area contributed by atoms with E-state index in [9.17, 15) is 9.59 Å². The van der Waals surface area contributed by atoms with E-state index in [0.29, 0.717) is 23.2 Å². The van der Waals surface area contributed by atoms with Gasteiger partial charge in [-0.05, 0) is 37.1 Å². The van der Waals surface area contributed by atoms with Gasteiger partial charge in [-0.2, -0.15) is 0 Å². The zero-order chi connectivity index (χ0) is 21.1. The normalized spacial score (nSPS) is 19.3. The van der Waals surface area contributed by atoms with Crippen LogP contribution >= 0.6 is 11.3 Å². The summed E-state index contributed by atoms with van der Waals surface area (Å²) in [4.78, 5) is 30.0. The molecule has 0 saturated carbocycles. The van der Waals surface area contributed by atoms with Crippen LogP contribution in [-0.4, -0.2) is 74.7 Å². The first-order valence-corrected chi connectivity index (χ1v) is 11.1. The Morgan fingerprint density at radius 2 is 1.97 bits per heavy atom. The van der Waals surface area contributed by atoms with Crippen molar-refractivity contribution in [2.75, 3.05) is 52.3 Å². The van der Waals surface area contributed by atoms with Crippen LogP contribution in [0.3, 0.4) is 0 Å². The molecular weight excluding hydrogens is 402 g/mol. The van der Waals surface area contributed by atoms with Gasteiger partial charge in [-0.3, -0.25) is 14.6 Å². The topological polar surface area (TPSA) is 71.1 Å². The molecule has 1 unspecified atom stereocenters. The number of amides is 1. The molecule has 2 aromatic rings. The maximum atomic E-state index is 12.7. The summed E-state index contributed by atoms with van der Waals surface area (Å²) in [6, 6.07) is 8.03. The second kappa shape index (κ2) is 9.16. The molecule has 8 heteroatoms. The molecule has 3 heterocycles. The number of piperazine rings is 1. The summed E-state index contributed by atoms with van der Waals surface area (Å²) in [5.74, 6) is 0.177. The van der Waals surface area contributed by atoms with Crippen molar-refractivity contribution >= 4 is 28.2 Å². The van der Waals surface area contributed by atoms with Gasteiger partial charge < -0.3 is 14.8 Å². The van der Waals surface area contributed by atoms with Crippen molar-refractivity contribution in [2.45, 2.75) is 18.9 Å². The van der Waals surface area contributed by atoms with Crippen LogP contribution in [-0.2, 0) is 9.53 Å². The molecule has 0 spiro atoms. The van der Waals surface area contributed by atoms with Gasteiger partial charge in [-0.25, -0.2) is 4.79 Å². The molecule has 30 heavy (non-hydrogen) atoms. The molecule has 160 valence electrons. The van der Waals surface area contributed by atoms with E-state index in [-0.39, 0.29) is 5.91 Å². The van der Waals surface area contributed by atoms with Gasteiger partial charge in [-0.1, -0.05) is 12.1 Å². The summed E-state index contributed by atoms with van der Waals surface area (Å²) in [7, 11) is 2.96. The smallest absolute Gasteiger partial charge is 0.341 e. The van der Waals surface area contributed by atoms with Crippen molar-refractivity contribution in [3.63, 3.8) is 0 Å². The third-order valence-electron chi connectivity index (χ3n) is 5.87. The number of carbonyl (C=O) groups excluding carboxylic acids is 2. The van der Waals surface area contributed by atoms with Crippen LogP contribution in [0.2, 0.25) is 0 Å². The van der Waals surface area contributed by atoms with Crippen molar-refractivity contribution in [1.82, 2.24) is 9.80 Å². The third-order valence-corrected chi connectivity index (χ3v) is 6.77. The molecule has 1 aromatic carbocycles. The van der Waals surface area contributed by atoms with E-state index in [2.05, 4.69) is 15.1 Å². The number of rotatable bonds is 6. The number of hydrogen-bond donors (Lipinski definition) is 1. The molecule has 0 aliphatic carbocycles. The SMILES string of the molecule is COC(=O)c1c(-c2ccc(OC)cc2)csc1NC(=O)CN1CCN2CCCC2C1. The monoisotopic (exact) mass is 429 g/mol. The molecule has 1 aromatic heterocycles. The van der Waals surface area contributed by atoms with Crippen LogP contribution in [0, 0.1) is 0 Å². The van der Waals surface area contributed by atoms with Gasteiger partial charge in [-0.15, -0.1) is 11.3 Å². The van der Waals surface area contributed by atoms with Gasteiger partial charge in [0.15, 0.2) is 0 Å². The summed E-state index contributed by atoms with van der Waals surface area (Å²) in [5, 5.41) is 5.35. The highest BCUT2D eigenvalue weighted by atomic mass is 32.1. The Hall–Kier alpha value is -2.42. The van der Waals surface area contributed by atoms with Gasteiger partial charge in [0.25, 0.3) is 0 Å². The van der Waals surface area contributed by atoms with Gasteiger partial charge in [0.05, 0.1) is 20.8 Å². The van der Waals surface area contributed by atoms with Gasteiger partial charge >= 0.3 is 5.97 Å². The average molecular weight is 430 g/mol. The molecular formula is C22H27N3O4S. The van der Waals surface area contributed by atoms with Crippen LogP contribution in [0.4, 0.5) is 5.00 Å². The Bertz CT molecular complexity index is 912. The minimum Gasteiger partial charge on any atom is -0.497 e. The third kappa shape index (κ3) is 4.35. The lowest BCUT2D eigenvalue weighted by molar-refractivity contribution is -0.117. The van der Waals surface area contributed by atoms with Gasteiger partial charge in [0.1, 0.15) is 16.3 Å². The van der Waals surface area contributed by atoms with E-state index in [1.54, 1.807) is 7.11 Å². The van der Waals surface area contributed by atoms with Crippen molar-refractivity contribution in [1.29, 1.82) is 0 Å². The number of benzene rings is 1. The Kier molecular flexibility index (Phi) is 6.36. The fourth-order valence-electron chi connectivity index (χ4n) is 4.31. The number of esters is 1. The lowest BCUT2D eigenvalue weighted by Gasteiger charge is -2.37. The summed E-state index contributed by atoms with van der Waals surface area (Å²) in [5.41, 5.74) is 2.00. The van der Waals surface area contributed by atoms with E-state index in [1.807, 2.05) is 29.6 Å². The number of hydrogen-bond acceptors (Lipinski definition) is 7. The minimum atomic E-state index is -0.461. The quantitative estimate of drug-likeness (QED) is 0.712. The number of fused-ring (bicyclic) bond motifs is 1. The number of nitrogens with one attached hydrogen (secondary N) is 1. The highest BCUT2D eigenvalue weighted by Gasteiger charge is 2.31. The predicted octanol–water partition coefficient (Wildman–Crippen LogP) is 2.93. The Morgan fingerprint density at radius 1 is 1.17 bits per heavy atom. The lowest BCUT2D eigenvalue weighted by Crippen LogP contribution is -2.51. The fourth-order valence-corrected chi connectivity index (χ4v) is 5.28. The number of carbonyl (C=O) groups is 2. The van der Waals surface area contributed by atoms with E-state index >= 15 is 0 Å². The maximum Gasteiger partial charge on any atom is 0.341 e. The molecule has 2 fully saturated rings. The molecule has 2 aliphatic heterocycles. The predicted molar refractivity (Wildman–Crippen MR) is 117 cm³/mol. The van der Waals surface area contributed by atoms with Crippen molar-refractivity contribution in [3.05, 3.63) is 35.2 Å². The van der Waals surface area contributed by atoms with Gasteiger partial charge in [0.2, 0.25) is 5.91 Å². The van der Waals surface area contributed by atoms with Crippen molar-refractivity contribution in [3.8, 4) is 16.9 Å². The summed E-state index contributed by atoms with van der Waals surface area (Å²) < 4.78 is 10.2. The van der Waals surface area contributed by atoms with Crippen molar-refractivity contribution in [2.24, 2.45) is 0 Å². The lowest BCUT2D eigenvalue weighted by atomic mass is 10.0. The molecule has 2 aliphatic rings. The first kappa shape index (κ1) is 20.8. The summed E-state index contributed by atoms with van der Waals surface area (Å²) in [6.45, 7) is 4.36. The maximum absolute atomic E-state index is 12.7. The average Bonchev–Trinajstić information content (AvgIpc) is 3.39. The van der Waals surface area contributed by atoms with E-state index < -0.39 is 5.97 Å². The van der Waals surface area contributed by atoms with Crippen LogP contribution < -0.4 is 10.1 Å². The van der Waals surface area contributed by atoms with E-state index in [1.165, 1.54) is 37.8 Å². The second-order valence-electron chi connectivity index (χ2n) is 7.69. The number of methoxy groups -OCH3 is 2. The first-order chi connectivity index (χ1) is 14.6. The summed E-state index contributed by atoms with van der Waals surface area (Å²) >= 11 is 1.34.